The monoisotopic (exact) mass is 343 g/mol. The SMILES string of the molecule is CC(C(=O)N(C)CC(=O)NCC(=O)Nc1ccccc1)n1cccn1. The van der Waals surface area contributed by atoms with E-state index in [-0.39, 0.29) is 24.9 Å². The molecule has 0 bridgehead atoms. The van der Waals surface area contributed by atoms with Crippen LogP contribution in [0.2, 0.25) is 0 Å². The number of nitrogens with zero attached hydrogens (tertiary/aromatic N) is 3. The number of para-hydroxylation sites is 1. The number of nitrogens with one attached hydrogen (secondary N) is 2. The van der Waals surface area contributed by atoms with Crippen LogP contribution in [-0.2, 0) is 14.4 Å². The fraction of sp³-hybridized carbons (Fsp3) is 0.294. The third kappa shape index (κ3) is 5.45. The van der Waals surface area contributed by atoms with Crippen LogP contribution >= 0.6 is 0 Å². The molecule has 1 heterocycles. The van der Waals surface area contributed by atoms with Crippen LogP contribution in [-0.4, -0.2) is 52.5 Å². The number of carbonyl (C=O) groups excluding carboxylic acids is 3. The van der Waals surface area contributed by atoms with Crippen molar-refractivity contribution in [1.29, 1.82) is 0 Å². The maximum Gasteiger partial charge on any atom is 0.247 e. The molecule has 0 fully saturated rings. The Morgan fingerprint density at radius 1 is 1.16 bits per heavy atom. The first kappa shape index (κ1) is 18.2. The average Bonchev–Trinajstić information content (AvgIpc) is 3.14. The highest BCUT2D eigenvalue weighted by Crippen LogP contribution is 2.07. The lowest BCUT2D eigenvalue weighted by Gasteiger charge is -2.21. The number of hydrogen-bond donors (Lipinski definition) is 2. The van der Waals surface area contributed by atoms with Gasteiger partial charge in [0.2, 0.25) is 17.7 Å². The predicted molar refractivity (Wildman–Crippen MR) is 92.7 cm³/mol. The summed E-state index contributed by atoms with van der Waals surface area (Å²) in [5.41, 5.74) is 0.655. The van der Waals surface area contributed by atoms with E-state index < -0.39 is 11.9 Å². The number of rotatable bonds is 7. The van der Waals surface area contributed by atoms with Gasteiger partial charge in [0.15, 0.2) is 0 Å². The number of hydrogen-bond acceptors (Lipinski definition) is 4. The Labute approximate surface area is 145 Å². The van der Waals surface area contributed by atoms with Gasteiger partial charge >= 0.3 is 0 Å². The van der Waals surface area contributed by atoms with Gasteiger partial charge < -0.3 is 15.5 Å². The van der Waals surface area contributed by atoms with Crippen LogP contribution in [0, 0.1) is 0 Å². The van der Waals surface area contributed by atoms with E-state index in [1.165, 1.54) is 16.6 Å². The van der Waals surface area contributed by atoms with Gasteiger partial charge in [0, 0.05) is 25.1 Å². The second kappa shape index (κ2) is 8.62. The number of benzene rings is 1. The van der Waals surface area contributed by atoms with Crippen molar-refractivity contribution in [2.45, 2.75) is 13.0 Å². The van der Waals surface area contributed by atoms with Gasteiger partial charge in [-0.15, -0.1) is 0 Å². The highest BCUT2D eigenvalue weighted by Gasteiger charge is 2.21. The summed E-state index contributed by atoms with van der Waals surface area (Å²) in [7, 11) is 1.53. The van der Waals surface area contributed by atoms with Crippen LogP contribution in [0.1, 0.15) is 13.0 Å². The van der Waals surface area contributed by atoms with Crippen molar-refractivity contribution in [3.8, 4) is 0 Å². The highest BCUT2D eigenvalue weighted by atomic mass is 16.2. The van der Waals surface area contributed by atoms with Crippen LogP contribution in [0.25, 0.3) is 0 Å². The number of anilines is 1. The van der Waals surface area contributed by atoms with E-state index in [2.05, 4.69) is 15.7 Å². The summed E-state index contributed by atoms with van der Waals surface area (Å²) in [6, 6.07) is 10.2. The van der Waals surface area contributed by atoms with E-state index in [0.717, 1.165) is 0 Å². The fourth-order valence-corrected chi connectivity index (χ4v) is 2.20. The third-order valence-corrected chi connectivity index (χ3v) is 3.54. The molecule has 1 atom stereocenters. The molecule has 132 valence electrons. The van der Waals surface area contributed by atoms with Gasteiger partial charge in [-0.1, -0.05) is 18.2 Å². The van der Waals surface area contributed by atoms with E-state index in [4.69, 9.17) is 0 Å². The molecule has 0 spiro atoms. The van der Waals surface area contributed by atoms with Gasteiger partial charge in [0.25, 0.3) is 0 Å². The van der Waals surface area contributed by atoms with Gasteiger partial charge in [0.1, 0.15) is 6.04 Å². The van der Waals surface area contributed by atoms with Gasteiger partial charge in [-0.05, 0) is 25.1 Å². The van der Waals surface area contributed by atoms with Crippen molar-refractivity contribution in [2.75, 3.05) is 25.5 Å². The molecular formula is C17H21N5O3. The van der Waals surface area contributed by atoms with Crippen LogP contribution in [0.15, 0.2) is 48.8 Å². The van der Waals surface area contributed by atoms with Gasteiger partial charge in [-0.3, -0.25) is 19.1 Å². The van der Waals surface area contributed by atoms with E-state index in [1.807, 2.05) is 6.07 Å². The standard InChI is InChI=1S/C17H21N5O3/c1-13(22-10-6-9-19-22)17(25)21(2)12-16(24)18-11-15(23)20-14-7-4-3-5-8-14/h3-10,13H,11-12H2,1-2H3,(H,18,24)(H,20,23). The zero-order valence-electron chi connectivity index (χ0n) is 14.2. The zero-order chi connectivity index (χ0) is 18.2. The molecule has 1 aromatic heterocycles. The van der Waals surface area contributed by atoms with E-state index in [9.17, 15) is 14.4 Å². The maximum absolute atomic E-state index is 12.3. The van der Waals surface area contributed by atoms with Crippen LogP contribution in [0.3, 0.4) is 0 Å². The largest absolute Gasteiger partial charge is 0.345 e. The van der Waals surface area contributed by atoms with Crippen molar-refractivity contribution >= 4 is 23.4 Å². The first-order chi connectivity index (χ1) is 12.0. The Balaban J connectivity index is 1.75. The van der Waals surface area contributed by atoms with Crippen molar-refractivity contribution < 1.29 is 14.4 Å². The molecule has 0 saturated heterocycles. The summed E-state index contributed by atoms with van der Waals surface area (Å²) in [5, 5.41) is 9.17. The predicted octanol–water partition coefficient (Wildman–Crippen LogP) is 0.657. The number of amides is 3. The van der Waals surface area contributed by atoms with E-state index in [0.29, 0.717) is 5.69 Å². The normalized spacial score (nSPS) is 11.4. The Morgan fingerprint density at radius 2 is 1.88 bits per heavy atom. The summed E-state index contributed by atoms with van der Waals surface area (Å²) in [6.07, 6.45) is 3.27. The molecular weight excluding hydrogens is 322 g/mol. The van der Waals surface area contributed by atoms with E-state index >= 15 is 0 Å². The molecule has 1 aromatic carbocycles. The first-order valence-electron chi connectivity index (χ1n) is 7.83. The number of likely N-dealkylation sites (N-methyl/N-ethyl adjacent to an activating group) is 1. The summed E-state index contributed by atoms with van der Waals surface area (Å²) in [6.45, 7) is 1.41. The maximum atomic E-state index is 12.3. The molecule has 2 aromatic rings. The lowest BCUT2D eigenvalue weighted by Crippen LogP contribution is -2.43. The summed E-state index contributed by atoms with van der Waals surface area (Å²) >= 11 is 0. The molecule has 2 N–H and O–H groups in total. The summed E-state index contributed by atoms with van der Waals surface area (Å²) < 4.78 is 1.52. The zero-order valence-corrected chi connectivity index (χ0v) is 14.2. The molecule has 0 aliphatic heterocycles. The average molecular weight is 343 g/mol. The molecule has 25 heavy (non-hydrogen) atoms. The smallest absolute Gasteiger partial charge is 0.247 e. The fourth-order valence-electron chi connectivity index (χ4n) is 2.20. The Bertz CT molecular complexity index is 715. The lowest BCUT2D eigenvalue weighted by molar-refractivity contribution is -0.137. The van der Waals surface area contributed by atoms with Crippen LogP contribution in [0.5, 0.6) is 0 Å². The lowest BCUT2D eigenvalue weighted by atomic mass is 10.3. The van der Waals surface area contributed by atoms with Gasteiger partial charge in [-0.2, -0.15) is 5.10 Å². The Hall–Kier alpha value is -3.16. The summed E-state index contributed by atoms with van der Waals surface area (Å²) in [5.74, 6) is -0.988. The summed E-state index contributed by atoms with van der Waals surface area (Å²) in [4.78, 5) is 37.3. The molecule has 0 saturated carbocycles. The second-order valence-corrected chi connectivity index (χ2v) is 5.55. The van der Waals surface area contributed by atoms with Gasteiger partial charge in [-0.25, -0.2) is 0 Å². The van der Waals surface area contributed by atoms with Crippen molar-refractivity contribution in [3.63, 3.8) is 0 Å². The number of carbonyl (C=O) groups is 3. The van der Waals surface area contributed by atoms with Gasteiger partial charge in [0.05, 0.1) is 13.1 Å². The van der Waals surface area contributed by atoms with Crippen molar-refractivity contribution in [3.05, 3.63) is 48.8 Å². The molecule has 1 unspecified atom stereocenters. The third-order valence-electron chi connectivity index (χ3n) is 3.54. The first-order valence-corrected chi connectivity index (χ1v) is 7.83. The van der Waals surface area contributed by atoms with E-state index in [1.54, 1.807) is 49.6 Å². The molecule has 3 amide bonds. The highest BCUT2D eigenvalue weighted by molar-refractivity contribution is 5.95. The minimum absolute atomic E-state index is 0.136. The molecule has 2 rings (SSSR count). The molecule has 0 aliphatic carbocycles. The minimum atomic E-state index is -0.505. The topological polar surface area (TPSA) is 96.3 Å². The van der Waals surface area contributed by atoms with Crippen molar-refractivity contribution in [2.24, 2.45) is 0 Å². The Kier molecular flexibility index (Phi) is 6.27. The van der Waals surface area contributed by atoms with Crippen molar-refractivity contribution in [1.82, 2.24) is 20.0 Å². The second-order valence-electron chi connectivity index (χ2n) is 5.55. The molecule has 0 aliphatic rings. The Morgan fingerprint density at radius 3 is 2.52 bits per heavy atom. The molecule has 8 nitrogen and oxygen atoms in total. The molecule has 0 radical (unpaired) electrons. The minimum Gasteiger partial charge on any atom is -0.345 e. The van der Waals surface area contributed by atoms with Crippen LogP contribution in [0.4, 0.5) is 5.69 Å². The quantitative estimate of drug-likeness (QED) is 0.772. The van der Waals surface area contributed by atoms with Crippen LogP contribution < -0.4 is 10.6 Å². The molecule has 8 heteroatoms. The number of aromatic nitrogens is 2.